The van der Waals surface area contributed by atoms with Gasteiger partial charge in [-0.1, -0.05) is 0 Å². The zero-order valence-electron chi connectivity index (χ0n) is 11.1. The van der Waals surface area contributed by atoms with Crippen molar-refractivity contribution in [3.8, 4) is 0 Å². The van der Waals surface area contributed by atoms with E-state index < -0.39 is 0 Å². The normalized spacial score (nSPS) is 15.7. The molecule has 2 aromatic rings. The van der Waals surface area contributed by atoms with Crippen LogP contribution >= 0.6 is 0 Å². The Hall–Kier alpha value is -2.71. The zero-order chi connectivity index (χ0) is 14.4. The van der Waals surface area contributed by atoms with E-state index in [4.69, 9.17) is 5.73 Å². The highest BCUT2D eigenvalue weighted by Gasteiger charge is 2.34. The molecule has 3 amide bonds. The van der Waals surface area contributed by atoms with Gasteiger partial charge < -0.3 is 10.6 Å². The minimum absolute atomic E-state index is 0.00727. The summed E-state index contributed by atoms with van der Waals surface area (Å²) in [4.78, 5) is 34.4. The third-order valence-corrected chi connectivity index (χ3v) is 3.20. The molecule has 0 bridgehead atoms. The molecule has 0 saturated carbocycles. The van der Waals surface area contributed by atoms with E-state index in [0.717, 1.165) is 4.90 Å². The first-order chi connectivity index (χ1) is 9.47. The Morgan fingerprint density at radius 1 is 1.30 bits per heavy atom. The molecule has 1 aliphatic rings. The Morgan fingerprint density at radius 2 is 2.05 bits per heavy atom. The maximum atomic E-state index is 11.8. The van der Waals surface area contributed by atoms with Crippen molar-refractivity contribution in [1.29, 1.82) is 0 Å². The Morgan fingerprint density at radius 3 is 2.70 bits per heavy atom. The van der Waals surface area contributed by atoms with Gasteiger partial charge in [-0.2, -0.15) is 5.10 Å². The van der Waals surface area contributed by atoms with Gasteiger partial charge >= 0.3 is 6.03 Å². The summed E-state index contributed by atoms with van der Waals surface area (Å²) in [5, 5.41) is 4.70. The summed E-state index contributed by atoms with van der Waals surface area (Å²) in [6.07, 6.45) is 1.58. The number of urea groups is 1. The van der Waals surface area contributed by atoms with Crippen molar-refractivity contribution in [3.05, 3.63) is 12.0 Å². The fraction of sp³-hybridized carbons (Fsp3) is 0.364. The molecule has 0 spiro atoms. The number of anilines is 1. The first kappa shape index (κ1) is 12.3. The Kier molecular flexibility index (Phi) is 2.56. The van der Waals surface area contributed by atoms with E-state index in [0.29, 0.717) is 16.9 Å². The minimum Gasteiger partial charge on any atom is -0.383 e. The number of likely N-dealkylation sites (N-methyl/N-ethyl adjacent to an activating group) is 1. The maximum Gasteiger partial charge on any atom is 0.327 e. The van der Waals surface area contributed by atoms with Crippen LogP contribution in [-0.4, -0.2) is 55.1 Å². The second-order valence-corrected chi connectivity index (χ2v) is 4.65. The van der Waals surface area contributed by atoms with Crippen LogP contribution < -0.4 is 5.73 Å². The molecule has 1 aliphatic heterocycles. The van der Waals surface area contributed by atoms with Crippen molar-refractivity contribution in [2.75, 3.05) is 19.3 Å². The molecule has 3 rings (SSSR count). The largest absolute Gasteiger partial charge is 0.383 e. The van der Waals surface area contributed by atoms with Crippen LogP contribution in [0.3, 0.4) is 0 Å². The summed E-state index contributed by atoms with van der Waals surface area (Å²) < 4.78 is 1.57. The van der Waals surface area contributed by atoms with Gasteiger partial charge in [0.2, 0.25) is 0 Å². The molecule has 20 heavy (non-hydrogen) atoms. The fourth-order valence-electron chi connectivity index (χ4n) is 2.13. The number of nitrogens with zero attached hydrogens (tertiary/aromatic N) is 6. The average Bonchev–Trinajstić information content (AvgIpc) is 2.87. The van der Waals surface area contributed by atoms with Crippen molar-refractivity contribution in [2.45, 2.75) is 6.54 Å². The molecule has 1 saturated heterocycles. The molecule has 3 heterocycles. The molecule has 9 heteroatoms. The lowest BCUT2D eigenvalue weighted by Crippen LogP contribution is -2.31. The Labute approximate surface area is 114 Å². The van der Waals surface area contributed by atoms with Gasteiger partial charge in [-0.25, -0.2) is 14.8 Å². The Bertz CT molecular complexity index is 723. The molecule has 0 aromatic carbocycles. The second kappa shape index (κ2) is 4.15. The van der Waals surface area contributed by atoms with Crippen molar-refractivity contribution < 1.29 is 9.59 Å². The number of carbonyl (C=O) groups excluding carboxylic acids is 2. The smallest absolute Gasteiger partial charge is 0.327 e. The van der Waals surface area contributed by atoms with Crippen molar-refractivity contribution >= 4 is 28.8 Å². The van der Waals surface area contributed by atoms with Crippen LogP contribution in [0.15, 0.2) is 6.20 Å². The van der Waals surface area contributed by atoms with E-state index >= 15 is 0 Å². The number of carbonyl (C=O) groups is 2. The lowest BCUT2D eigenvalue weighted by Gasteiger charge is -2.13. The number of fused-ring (bicyclic) bond motifs is 1. The SMILES string of the molecule is CN1CC(=O)N(Cc2nc(N)c3cnn(C)c3n2)C1=O. The van der Waals surface area contributed by atoms with Gasteiger partial charge in [-0.15, -0.1) is 0 Å². The number of amides is 3. The predicted molar refractivity (Wildman–Crippen MR) is 69.3 cm³/mol. The quantitative estimate of drug-likeness (QED) is 0.728. The van der Waals surface area contributed by atoms with Crippen LogP contribution in [0.2, 0.25) is 0 Å². The van der Waals surface area contributed by atoms with Gasteiger partial charge in [0.25, 0.3) is 5.91 Å². The highest BCUT2D eigenvalue weighted by atomic mass is 16.2. The van der Waals surface area contributed by atoms with Gasteiger partial charge in [0.1, 0.15) is 12.4 Å². The van der Waals surface area contributed by atoms with E-state index in [-0.39, 0.29) is 30.8 Å². The molecule has 2 aromatic heterocycles. The van der Waals surface area contributed by atoms with E-state index in [1.54, 1.807) is 25.0 Å². The van der Waals surface area contributed by atoms with Crippen molar-refractivity contribution in [3.63, 3.8) is 0 Å². The van der Waals surface area contributed by atoms with E-state index in [2.05, 4.69) is 15.1 Å². The van der Waals surface area contributed by atoms with Gasteiger partial charge in [-0.05, 0) is 0 Å². The van der Waals surface area contributed by atoms with Crippen LogP contribution in [0.1, 0.15) is 5.82 Å². The Balaban J connectivity index is 1.97. The van der Waals surface area contributed by atoms with Crippen LogP contribution in [0.4, 0.5) is 10.6 Å². The van der Waals surface area contributed by atoms with Gasteiger partial charge in [0.05, 0.1) is 18.1 Å². The number of nitrogens with two attached hydrogens (primary N) is 1. The van der Waals surface area contributed by atoms with Crippen molar-refractivity contribution in [2.24, 2.45) is 7.05 Å². The third-order valence-electron chi connectivity index (χ3n) is 3.20. The number of rotatable bonds is 2. The lowest BCUT2D eigenvalue weighted by atomic mass is 10.4. The molecular weight excluding hydrogens is 262 g/mol. The molecule has 104 valence electrons. The maximum absolute atomic E-state index is 11.8. The second-order valence-electron chi connectivity index (χ2n) is 4.65. The van der Waals surface area contributed by atoms with Crippen LogP contribution in [0, 0.1) is 0 Å². The van der Waals surface area contributed by atoms with Crippen LogP contribution in [-0.2, 0) is 18.4 Å². The van der Waals surface area contributed by atoms with Crippen LogP contribution in [0.25, 0.3) is 11.0 Å². The highest BCUT2D eigenvalue weighted by Crippen LogP contribution is 2.18. The van der Waals surface area contributed by atoms with Crippen LogP contribution in [0.5, 0.6) is 0 Å². The summed E-state index contributed by atoms with van der Waals surface area (Å²) in [5.74, 6) is 0.325. The van der Waals surface area contributed by atoms with Gasteiger partial charge in [0.15, 0.2) is 11.5 Å². The number of aromatic nitrogens is 4. The van der Waals surface area contributed by atoms with E-state index in [1.807, 2.05) is 0 Å². The zero-order valence-corrected chi connectivity index (χ0v) is 11.1. The average molecular weight is 275 g/mol. The summed E-state index contributed by atoms with van der Waals surface area (Å²) in [5.41, 5.74) is 6.41. The number of imide groups is 1. The topological polar surface area (TPSA) is 110 Å². The summed E-state index contributed by atoms with van der Waals surface area (Å²) in [6.45, 7) is 0.0790. The number of hydrogen-bond acceptors (Lipinski definition) is 6. The summed E-state index contributed by atoms with van der Waals surface area (Å²) in [6, 6.07) is -0.359. The first-order valence-corrected chi connectivity index (χ1v) is 5.97. The summed E-state index contributed by atoms with van der Waals surface area (Å²) in [7, 11) is 3.30. The van der Waals surface area contributed by atoms with E-state index in [1.165, 1.54) is 4.90 Å². The number of aryl methyl sites for hydroxylation is 1. The molecule has 0 atom stereocenters. The molecule has 1 fully saturated rings. The standard InChI is InChI=1S/C11H13N7O2/c1-16-5-8(19)18(11(16)20)4-7-14-9(12)6-3-13-17(2)10(6)15-7/h3H,4-5H2,1-2H3,(H2,12,14,15). The molecule has 2 N–H and O–H groups in total. The van der Waals surface area contributed by atoms with Gasteiger partial charge in [0, 0.05) is 14.1 Å². The van der Waals surface area contributed by atoms with E-state index in [9.17, 15) is 9.59 Å². The molecule has 0 aliphatic carbocycles. The number of nitrogen functional groups attached to an aromatic ring is 1. The molecular formula is C11H13N7O2. The first-order valence-electron chi connectivity index (χ1n) is 5.97. The lowest BCUT2D eigenvalue weighted by molar-refractivity contribution is -0.125. The van der Waals surface area contributed by atoms with Crippen molar-refractivity contribution in [1.82, 2.24) is 29.5 Å². The fourth-order valence-corrected chi connectivity index (χ4v) is 2.13. The predicted octanol–water partition coefficient (Wildman–Crippen LogP) is -0.660. The molecule has 0 radical (unpaired) electrons. The summed E-state index contributed by atoms with van der Waals surface area (Å²) >= 11 is 0. The number of hydrogen-bond donors (Lipinski definition) is 1. The third kappa shape index (κ3) is 1.75. The molecule has 9 nitrogen and oxygen atoms in total. The highest BCUT2D eigenvalue weighted by molar-refractivity contribution is 6.01. The minimum atomic E-state index is -0.359. The monoisotopic (exact) mass is 275 g/mol. The van der Waals surface area contributed by atoms with Gasteiger partial charge in [-0.3, -0.25) is 14.4 Å². The molecule has 0 unspecified atom stereocenters.